The van der Waals surface area contributed by atoms with Gasteiger partial charge in [0.05, 0.1) is 24.6 Å². The van der Waals surface area contributed by atoms with Gasteiger partial charge in [0.25, 0.3) is 0 Å². The van der Waals surface area contributed by atoms with Gasteiger partial charge in [-0.2, -0.15) is 0 Å². The fourth-order valence-electron chi connectivity index (χ4n) is 8.25. The van der Waals surface area contributed by atoms with Crippen molar-refractivity contribution in [3.63, 3.8) is 0 Å². The van der Waals surface area contributed by atoms with E-state index in [2.05, 4.69) is 12.1 Å². The fourth-order valence-corrected chi connectivity index (χ4v) is 8.76. The summed E-state index contributed by atoms with van der Waals surface area (Å²) in [6.07, 6.45) is 0.774. The molecule has 8 rings (SSSR count). The second-order valence-electron chi connectivity index (χ2n) is 14.8. The molecule has 2 heterocycles. The van der Waals surface area contributed by atoms with Crippen LogP contribution in [0.1, 0.15) is 64.5 Å². The average molecular weight is 804 g/mol. The summed E-state index contributed by atoms with van der Waals surface area (Å²) in [6.45, 7) is 1.54. The SMILES string of the molecule is O=C(CCCC(=O)N1C[C@@H](CCl)c2c1cc(OCc1ccc(CO)cc1)c1ccccc21)N1C[C@@H](CCl)c2c1cc(OCc1ccc(CO)cc1)c1ccccc21. The number of carbonyl (C=O) groups is 2. The van der Waals surface area contributed by atoms with Crippen LogP contribution in [0.3, 0.4) is 0 Å². The van der Waals surface area contributed by atoms with Gasteiger partial charge in [-0.3, -0.25) is 9.59 Å². The number of benzene rings is 6. The fraction of sp³-hybridized carbons (Fsp3) is 0.277. The Kier molecular flexibility index (Phi) is 11.7. The number of alkyl halides is 2. The van der Waals surface area contributed by atoms with Crippen molar-refractivity contribution in [3.8, 4) is 11.5 Å². The molecule has 0 saturated carbocycles. The quantitative estimate of drug-likeness (QED) is 0.107. The molecule has 2 amide bonds. The van der Waals surface area contributed by atoms with Gasteiger partial charge in [0.2, 0.25) is 11.8 Å². The lowest BCUT2D eigenvalue weighted by atomic mass is 9.95. The van der Waals surface area contributed by atoms with E-state index in [1.54, 1.807) is 0 Å². The van der Waals surface area contributed by atoms with Crippen molar-refractivity contribution < 1.29 is 29.3 Å². The number of ether oxygens (including phenoxy) is 2. The number of halogens is 2. The minimum Gasteiger partial charge on any atom is -0.488 e. The summed E-state index contributed by atoms with van der Waals surface area (Å²) in [4.78, 5) is 31.7. The zero-order chi connectivity index (χ0) is 39.5. The third-order valence-electron chi connectivity index (χ3n) is 11.2. The molecule has 8 nitrogen and oxygen atoms in total. The average Bonchev–Trinajstić information content (AvgIpc) is 3.84. The summed E-state index contributed by atoms with van der Waals surface area (Å²) in [7, 11) is 0. The molecule has 0 aliphatic carbocycles. The van der Waals surface area contributed by atoms with E-state index < -0.39 is 0 Å². The normalized spacial score (nSPS) is 15.9. The molecule has 6 aromatic rings. The number of hydrogen-bond acceptors (Lipinski definition) is 6. The molecule has 0 aromatic heterocycles. The van der Waals surface area contributed by atoms with E-state index in [0.717, 1.165) is 66.3 Å². The van der Waals surface area contributed by atoms with E-state index in [1.807, 2.05) is 107 Å². The van der Waals surface area contributed by atoms with E-state index >= 15 is 0 Å². The number of hydrogen-bond donors (Lipinski definition) is 2. The van der Waals surface area contributed by atoms with Crippen LogP contribution in [-0.4, -0.2) is 46.9 Å². The van der Waals surface area contributed by atoms with Crippen molar-refractivity contribution in [1.82, 2.24) is 0 Å². The third kappa shape index (κ3) is 7.80. The maximum Gasteiger partial charge on any atom is 0.227 e. The molecule has 2 aliphatic heterocycles. The molecule has 2 N–H and O–H groups in total. The Hall–Kier alpha value is -5.12. The van der Waals surface area contributed by atoms with Crippen LogP contribution in [-0.2, 0) is 36.0 Å². The second kappa shape index (κ2) is 17.2. The summed E-state index contributed by atoms with van der Waals surface area (Å²) in [5, 5.41) is 22.8. The number of aliphatic hydroxyl groups is 2. The van der Waals surface area contributed by atoms with Crippen LogP contribution in [0.15, 0.2) is 109 Å². The van der Waals surface area contributed by atoms with Crippen LogP contribution in [0.2, 0.25) is 0 Å². The first kappa shape index (κ1) is 38.7. The highest BCUT2D eigenvalue weighted by atomic mass is 35.5. The van der Waals surface area contributed by atoms with E-state index in [9.17, 15) is 19.8 Å². The summed E-state index contributed by atoms with van der Waals surface area (Å²) in [6, 6.07) is 35.3. The van der Waals surface area contributed by atoms with Crippen molar-refractivity contribution >= 4 is 67.9 Å². The summed E-state index contributed by atoms with van der Waals surface area (Å²) in [5.74, 6) is 1.87. The highest BCUT2D eigenvalue weighted by Crippen LogP contribution is 2.47. The van der Waals surface area contributed by atoms with Crippen molar-refractivity contribution in [2.24, 2.45) is 0 Å². The number of carbonyl (C=O) groups excluding carboxylic acids is 2. The number of fused-ring (bicyclic) bond motifs is 6. The minimum absolute atomic E-state index is 0.0188. The van der Waals surface area contributed by atoms with Gasteiger partial charge >= 0.3 is 0 Å². The maximum absolute atomic E-state index is 14.0. The van der Waals surface area contributed by atoms with E-state index in [-0.39, 0.29) is 49.7 Å². The molecule has 2 atom stereocenters. The molecule has 0 radical (unpaired) electrons. The van der Waals surface area contributed by atoms with Gasteiger partial charge in [-0.15, -0.1) is 23.2 Å². The molecular formula is C47H44Cl2N2O6. The summed E-state index contributed by atoms with van der Waals surface area (Å²) >= 11 is 13.1. The molecule has 0 bridgehead atoms. The minimum atomic E-state index is -0.0633. The topological polar surface area (TPSA) is 99.5 Å². The highest BCUT2D eigenvalue weighted by molar-refractivity contribution is 6.19. The molecule has 0 spiro atoms. The standard InChI is InChI=1S/C47H44Cl2N2O6/c48-22-34-24-50(40-20-42(36-6-1-3-8-38(36)46(34)40)56-28-32-16-12-30(26-52)13-17-32)44(54)10-5-11-45(55)51-25-35(23-49)47-39-9-4-2-7-37(39)43(21-41(47)51)57-29-33-18-14-31(27-53)15-19-33/h1-4,6-9,12-21,34-35,52-53H,5,10-11,22-29H2/t34-,35-/m1/s1. The Morgan fingerprint density at radius 1 is 0.561 bits per heavy atom. The van der Waals surface area contributed by atoms with Crippen LogP contribution in [0, 0.1) is 0 Å². The number of anilines is 2. The van der Waals surface area contributed by atoms with Crippen LogP contribution in [0.5, 0.6) is 11.5 Å². The second-order valence-corrected chi connectivity index (χ2v) is 15.4. The van der Waals surface area contributed by atoms with Crippen LogP contribution >= 0.6 is 23.2 Å². The summed E-state index contributed by atoms with van der Waals surface area (Å²) < 4.78 is 12.8. The van der Waals surface area contributed by atoms with Crippen LogP contribution in [0.4, 0.5) is 11.4 Å². The Labute approximate surface area is 342 Å². The van der Waals surface area contributed by atoms with E-state index in [0.29, 0.717) is 56.0 Å². The first-order chi connectivity index (χ1) is 27.9. The Bertz CT molecular complexity index is 2250. The number of rotatable bonds is 14. The van der Waals surface area contributed by atoms with Gasteiger partial charge in [-0.25, -0.2) is 0 Å². The molecule has 57 heavy (non-hydrogen) atoms. The molecule has 292 valence electrons. The molecule has 0 unspecified atom stereocenters. The van der Waals surface area contributed by atoms with Gasteiger partial charge in [0, 0.05) is 72.4 Å². The molecule has 6 aromatic carbocycles. The first-order valence-corrected chi connectivity index (χ1v) is 20.4. The number of aliphatic hydroxyl groups excluding tert-OH is 2. The van der Waals surface area contributed by atoms with E-state index in [1.165, 1.54) is 0 Å². The maximum atomic E-state index is 14.0. The van der Waals surface area contributed by atoms with Gasteiger partial charge in [-0.05, 0) is 50.6 Å². The zero-order valence-electron chi connectivity index (χ0n) is 31.5. The summed E-state index contributed by atoms with van der Waals surface area (Å²) in [5.41, 5.74) is 7.27. The van der Waals surface area contributed by atoms with Crippen molar-refractivity contribution in [3.05, 3.63) is 143 Å². The van der Waals surface area contributed by atoms with Crippen LogP contribution < -0.4 is 19.3 Å². The molecule has 10 heteroatoms. The van der Waals surface area contributed by atoms with Crippen molar-refractivity contribution in [1.29, 1.82) is 0 Å². The molecule has 0 fully saturated rings. The van der Waals surface area contributed by atoms with Gasteiger partial charge in [0.15, 0.2) is 0 Å². The Balaban J connectivity index is 0.990. The predicted molar refractivity (Wildman–Crippen MR) is 227 cm³/mol. The van der Waals surface area contributed by atoms with Crippen LogP contribution in [0.25, 0.3) is 21.5 Å². The van der Waals surface area contributed by atoms with Gasteiger partial charge < -0.3 is 29.5 Å². The predicted octanol–water partition coefficient (Wildman–Crippen LogP) is 9.34. The third-order valence-corrected chi connectivity index (χ3v) is 12.0. The molecule has 0 saturated heterocycles. The Morgan fingerprint density at radius 2 is 0.930 bits per heavy atom. The van der Waals surface area contributed by atoms with E-state index in [4.69, 9.17) is 32.7 Å². The lowest BCUT2D eigenvalue weighted by Gasteiger charge is -2.21. The molecule has 2 aliphatic rings. The number of nitrogens with zero attached hydrogens (tertiary/aromatic N) is 2. The van der Waals surface area contributed by atoms with Crippen molar-refractivity contribution in [2.75, 3.05) is 34.6 Å². The monoisotopic (exact) mass is 802 g/mol. The largest absolute Gasteiger partial charge is 0.488 e. The number of amides is 2. The van der Waals surface area contributed by atoms with Crippen molar-refractivity contribution in [2.45, 2.75) is 57.5 Å². The zero-order valence-corrected chi connectivity index (χ0v) is 33.0. The smallest absolute Gasteiger partial charge is 0.227 e. The highest BCUT2D eigenvalue weighted by Gasteiger charge is 2.36. The lowest BCUT2D eigenvalue weighted by Crippen LogP contribution is -2.32. The molecular weight excluding hydrogens is 759 g/mol. The lowest BCUT2D eigenvalue weighted by molar-refractivity contribution is -0.119. The Morgan fingerprint density at radius 3 is 1.30 bits per heavy atom. The first-order valence-electron chi connectivity index (χ1n) is 19.4. The van der Waals surface area contributed by atoms with Gasteiger partial charge in [-0.1, -0.05) is 97.1 Å². The van der Waals surface area contributed by atoms with Gasteiger partial charge in [0.1, 0.15) is 24.7 Å².